The lowest BCUT2D eigenvalue weighted by Crippen LogP contribution is -2.24. The lowest BCUT2D eigenvalue weighted by Gasteiger charge is -2.28. The Labute approximate surface area is 153 Å². The standard InChI is InChI=1S/C23H33NO/c1-4-24(5-2)23(21-15-11-8-12-16-21)19-22(17-18-25-6-3)20-13-9-7-10-14-20/h7,9-10,13-15,17,19H,4-6,8,11-12,16,18H2,1-3H3/b22-17-,23-19-. The fraction of sp³-hybridized carbons (Fsp3) is 0.478. The van der Waals surface area contributed by atoms with Crippen LogP contribution < -0.4 is 0 Å². The number of benzene rings is 1. The highest BCUT2D eigenvalue weighted by atomic mass is 16.5. The number of rotatable bonds is 9. The van der Waals surface area contributed by atoms with Crippen molar-refractivity contribution in [1.82, 2.24) is 4.90 Å². The normalized spacial score (nSPS) is 15.9. The molecule has 2 heteroatoms. The van der Waals surface area contributed by atoms with Gasteiger partial charge in [0.2, 0.25) is 0 Å². The quantitative estimate of drug-likeness (QED) is 0.414. The second kappa shape index (κ2) is 10.9. The SMILES string of the molecule is CCOC/C=C(/C=C(/C1=CCCCC1)N(CC)CC)c1ccccc1. The number of likely N-dealkylation sites (N-methyl/N-ethyl adjacent to an activating group) is 1. The summed E-state index contributed by atoms with van der Waals surface area (Å²) in [5.41, 5.74) is 5.40. The first kappa shape index (κ1) is 19.5. The van der Waals surface area contributed by atoms with E-state index in [1.807, 2.05) is 6.92 Å². The maximum absolute atomic E-state index is 5.59. The number of allylic oxidation sites excluding steroid dienone is 4. The van der Waals surface area contributed by atoms with Crippen LogP contribution in [0.1, 0.15) is 52.0 Å². The molecule has 0 amide bonds. The Balaban J connectivity index is 2.42. The summed E-state index contributed by atoms with van der Waals surface area (Å²) >= 11 is 0. The van der Waals surface area contributed by atoms with Crippen LogP contribution in [-0.4, -0.2) is 31.2 Å². The van der Waals surface area contributed by atoms with Crippen LogP contribution >= 0.6 is 0 Å². The third-order valence-electron chi connectivity index (χ3n) is 4.75. The Morgan fingerprint density at radius 2 is 1.84 bits per heavy atom. The topological polar surface area (TPSA) is 12.5 Å². The van der Waals surface area contributed by atoms with E-state index in [1.54, 1.807) is 0 Å². The van der Waals surface area contributed by atoms with E-state index in [0.29, 0.717) is 6.61 Å². The van der Waals surface area contributed by atoms with Gasteiger partial charge >= 0.3 is 0 Å². The lowest BCUT2D eigenvalue weighted by molar-refractivity contribution is 0.178. The van der Waals surface area contributed by atoms with Gasteiger partial charge in [0.1, 0.15) is 0 Å². The van der Waals surface area contributed by atoms with Crippen LogP contribution in [0.3, 0.4) is 0 Å². The predicted octanol–water partition coefficient (Wildman–Crippen LogP) is 5.83. The van der Waals surface area contributed by atoms with Crippen LogP contribution in [0.5, 0.6) is 0 Å². The molecule has 1 aliphatic rings. The molecule has 0 unspecified atom stereocenters. The molecule has 0 spiro atoms. The highest BCUT2D eigenvalue weighted by molar-refractivity contribution is 5.75. The Morgan fingerprint density at radius 1 is 1.08 bits per heavy atom. The van der Waals surface area contributed by atoms with Gasteiger partial charge in [-0.3, -0.25) is 0 Å². The van der Waals surface area contributed by atoms with Crippen molar-refractivity contribution in [3.05, 3.63) is 65.4 Å². The van der Waals surface area contributed by atoms with Crippen molar-refractivity contribution in [2.45, 2.75) is 46.5 Å². The zero-order valence-electron chi connectivity index (χ0n) is 16.1. The first-order valence-electron chi connectivity index (χ1n) is 9.79. The summed E-state index contributed by atoms with van der Waals surface area (Å²) in [6.07, 6.45) is 12.0. The fourth-order valence-electron chi connectivity index (χ4n) is 3.33. The summed E-state index contributed by atoms with van der Waals surface area (Å²) in [4.78, 5) is 2.48. The van der Waals surface area contributed by atoms with Crippen LogP contribution in [-0.2, 0) is 4.74 Å². The van der Waals surface area contributed by atoms with Gasteiger partial charge in [-0.1, -0.05) is 42.5 Å². The van der Waals surface area contributed by atoms with E-state index in [4.69, 9.17) is 4.74 Å². The lowest BCUT2D eigenvalue weighted by atomic mass is 9.94. The van der Waals surface area contributed by atoms with Gasteiger partial charge in [-0.05, 0) is 69.2 Å². The zero-order valence-corrected chi connectivity index (χ0v) is 16.1. The van der Waals surface area contributed by atoms with E-state index in [9.17, 15) is 0 Å². The second-order valence-electron chi connectivity index (χ2n) is 6.36. The van der Waals surface area contributed by atoms with Crippen LogP contribution in [0.2, 0.25) is 0 Å². The minimum absolute atomic E-state index is 0.655. The van der Waals surface area contributed by atoms with Crippen molar-refractivity contribution >= 4 is 5.57 Å². The summed E-state index contributed by atoms with van der Waals surface area (Å²) in [5, 5.41) is 0. The molecular weight excluding hydrogens is 306 g/mol. The molecule has 25 heavy (non-hydrogen) atoms. The van der Waals surface area contributed by atoms with Gasteiger partial charge in [-0.25, -0.2) is 0 Å². The Kier molecular flexibility index (Phi) is 8.54. The first-order valence-corrected chi connectivity index (χ1v) is 9.79. The fourth-order valence-corrected chi connectivity index (χ4v) is 3.33. The average Bonchev–Trinajstić information content (AvgIpc) is 2.68. The number of hydrogen-bond donors (Lipinski definition) is 0. The summed E-state index contributed by atoms with van der Waals surface area (Å²) in [6, 6.07) is 10.7. The Hall–Kier alpha value is -1.80. The smallest absolute Gasteiger partial charge is 0.0656 e. The van der Waals surface area contributed by atoms with Gasteiger partial charge in [-0.2, -0.15) is 0 Å². The summed E-state index contributed by atoms with van der Waals surface area (Å²) in [7, 11) is 0. The summed E-state index contributed by atoms with van der Waals surface area (Å²) in [6.45, 7) is 10.00. The molecule has 0 saturated heterocycles. The molecule has 2 nitrogen and oxygen atoms in total. The van der Waals surface area contributed by atoms with Crippen molar-refractivity contribution in [3.63, 3.8) is 0 Å². The first-order chi connectivity index (χ1) is 12.3. The van der Waals surface area contributed by atoms with Gasteiger partial charge in [-0.15, -0.1) is 0 Å². The molecule has 0 aromatic heterocycles. The van der Waals surface area contributed by atoms with E-state index in [-0.39, 0.29) is 0 Å². The predicted molar refractivity (Wildman–Crippen MR) is 108 cm³/mol. The molecule has 0 heterocycles. The molecule has 0 aliphatic heterocycles. The molecule has 0 atom stereocenters. The molecule has 1 aromatic rings. The van der Waals surface area contributed by atoms with Crippen LogP contribution in [0.25, 0.3) is 5.57 Å². The van der Waals surface area contributed by atoms with Gasteiger partial charge in [0, 0.05) is 25.4 Å². The molecule has 1 aromatic carbocycles. The molecule has 1 aliphatic carbocycles. The van der Waals surface area contributed by atoms with E-state index >= 15 is 0 Å². The van der Waals surface area contributed by atoms with Gasteiger partial charge in [0.05, 0.1) is 6.61 Å². The van der Waals surface area contributed by atoms with Crippen LogP contribution in [0.15, 0.2) is 59.8 Å². The number of ether oxygens (including phenoxy) is 1. The molecule has 0 bridgehead atoms. The number of nitrogens with zero attached hydrogens (tertiary/aromatic N) is 1. The summed E-state index contributed by atoms with van der Waals surface area (Å²) in [5.74, 6) is 0. The van der Waals surface area contributed by atoms with E-state index in [1.165, 1.54) is 48.1 Å². The largest absolute Gasteiger partial charge is 0.378 e. The van der Waals surface area contributed by atoms with Gasteiger partial charge < -0.3 is 9.64 Å². The second-order valence-corrected chi connectivity index (χ2v) is 6.36. The van der Waals surface area contributed by atoms with Crippen molar-refractivity contribution < 1.29 is 4.74 Å². The van der Waals surface area contributed by atoms with Crippen LogP contribution in [0.4, 0.5) is 0 Å². The minimum atomic E-state index is 0.655. The maximum Gasteiger partial charge on any atom is 0.0656 e. The van der Waals surface area contributed by atoms with E-state index in [0.717, 1.165) is 19.7 Å². The van der Waals surface area contributed by atoms with E-state index < -0.39 is 0 Å². The zero-order chi connectivity index (χ0) is 17.9. The molecule has 0 fully saturated rings. The Bertz CT molecular complexity index is 594. The highest BCUT2D eigenvalue weighted by Gasteiger charge is 2.15. The van der Waals surface area contributed by atoms with Crippen molar-refractivity contribution in [3.8, 4) is 0 Å². The molecule has 0 N–H and O–H groups in total. The van der Waals surface area contributed by atoms with Crippen molar-refractivity contribution in [2.75, 3.05) is 26.3 Å². The molecule has 0 saturated carbocycles. The number of hydrogen-bond acceptors (Lipinski definition) is 2. The third kappa shape index (κ3) is 5.89. The minimum Gasteiger partial charge on any atom is -0.378 e. The maximum atomic E-state index is 5.59. The van der Waals surface area contributed by atoms with Crippen molar-refractivity contribution in [2.24, 2.45) is 0 Å². The molecule has 136 valence electrons. The molecular formula is C23H33NO. The monoisotopic (exact) mass is 339 g/mol. The van der Waals surface area contributed by atoms with Gasteiger partial charge in [0.15, 0.2) is 0 Å². The Morgan fingerprint density at radius 3 is 2.44 bits per heavy atom. The van der Waals surface area contributed by atoms with Crippen LogP contribution in [0, 0.1) is 0 Å². The van der Waals surface area contributed by atoms with E-state index in [2.05, 4.69) is 67.3 Å². The third-order valence-corrected chi connectivity index (χ3v) is 4.75. The summed E-state index contributed by atoms with van der Waals surface area (Å²) < 4.78 is 5.59. The average molecular weight is 340 g/mol. The van der Waals surface area contributed by atoms with Gasteiger partial charge in [0.25, 0.3) is 0 Å². The van der Waals surface area contributed by atoms with Crippen molar-refractivity contribution in [1.29, 1.82) is 0 Å². The molecule has 0 radical (unpaired) electrons. The molecule has 2 rings (SSSR count). The highest BCUT2D eigenvalue weighted by Crippen LogP contribution is 2.29.